The van der Waals surface area contributed by atoms with Crippen LogP contribution in [0.25, 0.3) is 0 Å². The highest BCUT2D eigenvalue weighted by molar-refractivity contribution is 7.92. The van der Waals surface area contributed by atoms with Gasteiger partial charge in [0, 0.05) is 19.5 Å². The standard InChI is InChI=1S/C33H35N3O4S/c1-3-34-33(38)31(23-27-16-7-4-8-17-27)35(24-28-18-9-5-10-19-28)32(37)25-36(30-22-14-13-15-26(30)2)41(39,40)29-20-11-6-12-21-29/h4-22,31H,3,23-25H2,1-2H3,(H,34,38)/t31-/m1/s1. The van der Waals surface area contributed by atoms with Gasteiger partial charge in [-0.2, -0.15) is 0 Å². The summed E-state index contributed by atoms with van der Waals surface area (Å²) in [6.45, 7) is 3.70. The van der Waals surface area contributed by atoms with E-state index in [4.69, 9.17) is 0 Å². The fourth-order valence-corrected chi connectivity index (χ4v) is 6.20. The monoisotopic (exact) mass is 569 g/mol. The van der Waals surface area contributed by atoms with Crippen LogP contribution in [0.5, 0.6) is 0 Å². The van der Waals surface area contributed by atoms with Crippen molar-refractivity contribution in [2.75, 3.05) is 17.4 Å². The second-order valence-electron chi connectivity index (χ2n) is 9.72. The lowest BCUT2D eigenvalue weighted by Gasteiger charge is -2.34. The molecule has 1 atom stereocenters. The average molecular weight is 570 g/mol. The zero-order valence-electron chi connectivity index (χ0n) is 23.3. The van der Waals surface area contributed by atoms with Crippen LogP contribution in [0.1, 0.15) is 23.6 Å². The molecule has 0 radical (unpaired) electrons. The number of likely N-dealkylation sites (N-methyl/N-ethyl adjacent to an activating group) is 1. The third-order valence-electron chi connectivity index (χ3n) is 6.81. The molecular weight excluding hydrogens is 534 g/mol. The van der Waals surface area contributed by atoms with Crippen molar-refractivity contribution >= 4 is 27.5 Å². The van der Waals surface area contributed by atoms with Gasteiger partial charge in [-0.05, 0) is 48.7 Å². The van der Waals surface area contributed by atoms with Crippen molar-refractivity contribution in [3.05, 3.63) is 132 Å². The van der Waals surface area contributed by atoms with Crippen LogP contribution in [0.4, 0.5) is 5.69 Å². The van der Waals surface area contributed by atoms with E-state index in [1.54, 1.807) is 30.3 Å². The first-order valence-corrected chi connectivity index (χ1v) is 15.0. The Kier molecular flexibility index (Phi) is 9.92. The molecule has 0 aromatic heterocycles. The van der Waals surface area contributed by atoms with Gasteiger partial charge in [-0.1, -0.05) is 97.1 Å². The molecule has 0 saturated heterocycles. The summed E-state index contributed by atoms with van der Waals surface area (Å²) in [4.78, 5) is 29.4. The number of benzene rings is 4. The smallest absolute Gasteiger partial charge is 0.264 e. The summed E-state index contributed by atoms with van der Waals surface area (Å²) in [7, 11) is -4.11. The summed E-state index contributed by atoms with van der Waals surface area (Å²) in [5, 5.41) is 2.87. The molecule has 4 aromatic carbocycles. The summed E-state index contributed by atoms with van der Waals surface area (Å²) >= 11 is 0. The molecule has 8 heteroatoms. The van der Waals surface area contributed by atoms with Crippen molar-refractivity contribution in [3.63, 3.8) is 0 Å². The van der Waals surface area contributed by atoms with Gasteiger partial charge in [0.05, 0.1) is 10.6 Å². The summed E-state index contributed by atoms with van der Waals surface area (Å²) in [6, 6.07) is 33.2. The SMILES string of the molecule is CCNC(=O)[C@@H](Cc1ccccc1)N(Cc1ccccc1)C(=O)CN(c1ccccc1C)S(=O)(=O)c1ccccc1. The molecule has 41 heavy (non-hydrogen) atoms. The van der Waals surface area contributed by atoms with Crippen LogP contribution in [0.15, 0.2) is 120 Å². The van der Waals surface area contributed by atoms with E-state index in [0.29, 0.717) is 17.8 Å². The number of rotatable bonds is 12. The predicted molar refractivity (Wildman–Crippen MR) is 162 cm³/mol. The summed E-state index contributed by atoms with van der Waals surface area (Å²) < 4.78 is 29.1. The first-order valence-electron chi connectivity index (χ1n) is 13.6. The molecule has 2 amide bonds. The molecule has 0 aliphatic carbocycles. The number of anilines is 1. The number of aryl methyl sites for hydroxylation is 1. The average Bonchev–Trinajstić information content (AvgIpc) is 2.99. The van der Waals surface area contributed by atoms with Crippen molar-refractivity contribution < 1.29 is 18.0 Å². The predicted octanol–water partition coefficient (Wildman–Crippen LogP) is 4.97. The Labute approximate surface area is 242 Å². The van der Waals surface area contributed by atoms with Gasteiger partial charge in [0.1, 0.15) is 12.6 Å². The van der Waals surface area contributed by atoms with Crippen molar-refractivity contribution in [1.82, 2.24) is 10.2 Å². The van der Waals surface area contributed by atoms with E-state index < -0.39 is 28.5 Å². The zero-order valence-corrected chi connectivity index (χ0v) is 24.1. The summed E-state index contributed by atoms with van der Waals surface area (Å²) in [5.74, 6) is -0.780. The van der Waals surface area contributed by atoms with E-state index >= 15 is 0 Å². The number of hydrogen-bond donors (Lipinski definition) is 1. The van der Waals surface area contributed by atoms with Gasteiger partial charge < -0.3 is 10.2 Å². The van der Waals surface area contributed by atoms with Gasteiger partial charge in [0.15, 0.2) is 0 Å². The topological polar surface area (TPSA) is 86.8 Å². The Morgan fingerprint density at radius 3 is 1.88 bits per heavy atom. The van der Waals surface area contributed by atoms with Crippen LogP contribution in [0.3, 0.4) is 0 Å². The minimum absolute atomic E-state index is 0.0789. The van der Waals surface area contributed by atoms with Gasteiger partial charge in [-0.25, -0.2) is 8.42 Å². The number of para-hydroxylation sites is 1. The fraction of sp³-hybridized carbons (Fsp3) is 0.212. The van der Waals surface area contributed by atoms with E-state index in [-0.39, 0.29) is 23.8 Å². The van der Waals surface area contributed by atoms with Gasteiger partial charge in [-0.3, -0.25) is 13.9 Å². The highest BCUT2D eigenvalue weighted by Crippen LogP contribution is 2.27. The Morgan fingerprint density at radius 1 is 0.756 bits per heavy atom. The van der Waals surface area contributed by atoms with Crippen LogP contribution in [-0.4, -0.2) is 44.3 Å². The van der Waals surface area contributed by atoms with Crippen molar-refractivity contribution in [3.8, 4) is 0 Å². The van der Waals surface area contributed by atoms with Crippen molar-refractivity contribution in [2.45, 2.75) is 37.8 Å². The van der Waals surface area contributed by atoms with E-state index in [1.165, 1.54) is 17.0 Å². The second-order valence-corrected chi connectivity index (χ2v) is 11.6. The summed E-state index contributed by atoms with van der Waals surface area (Å²) in [6.07, 6.45) is 0.279. The van der Waals surface area contributed by atoms with Gasteiger partial charge in [0.2, 0.25) is 11.8 Å². The number of sulfonamides is 1. The molecule has 0 unspecified atom stereocenters. The van der Waals surface area contributed by atoms with Crippen molar-refractivity contribution in [2.24, 2.45) is 0 Å². The molecule has 7 nitrogen and oxygen atoms in total. The van der Waals surface area contributed by atoms with Gasteiger partial charge >= 0.3 is 0 Å². The fourth-order valence-electron chi connectivity index (χ4n) is 4.70. The lowest BCUT2D eigenvalue weighted by molar-refractivity contribution is -0.140. The van der Waals surface area contributed by atoms with Crippen molar-refractivity contribution in [1.29, 1.82) is 0 Å². The molecular formula is C33H35N3O4S. The third-order valence-corrected chi connectivity index (χ3v) is 8.59. The van der Waals surface area contributed by atoms with Gasteiger partial charge in [-0.15, -0.1) is 0 Å². The van der Waals surface area contributed by atoms with Crippen LogP contribution in [0.2, 0.25) is 0 Å². The minimum Gasteiger partial charge on any atom is -0.355 e. The lowest BCUT2D eigenvalue weighted by atomic mass is 10.0. The molecule has 0 fully saturated rings. The minimum atomic E-state index is -4.11. The molecule has 0 aliphatic rings. The van der Waals surface area contributed by atoms with Crippen LogP contribution in [0, 0.1) is 6.92 Å². The van der Waals surface area contributed by atoms with E-state index in [2.05, 4.69) is 5.32 Å². The van der Waals surface area contributed by atoms with E-state index in [1.807, 2.05) is 86.6 Å². The highest BCUT2D eigenvalue weighted by Gasteiger charge is 2.34. The van der Waals surface area contributed by atoms with E-state index in [9.17, 15) is 18.0 Å². The zero-order chi connectivity index (χ0) is 29.2. The maximum atomic E-state index is 14.3. The molecule has 0 bridgehead atoms. The first-order chi connectivity index (χ1) is 19.8. The van der Waals surface area contributed by atoms with Crippen LogP contribution >= 0.6 is 0 Å². The number of hydrogen-bond acceptors (Lipinski definition) is 4. The molecule has 0 saturated carbocycles. The molecule has 0 heterocycles. The maximum Gasteiger partial charge on any atom is 0.264 e. The highest BCUT2D eigenvalue weighted by atomic mass is 32.2. The van der Waals surface area contributed by atoms with Crippen LogP contribution < -0.4 is 9.62 Å². The van der Waals surface area contributed by atoms with Gasteiger partial charge in [0.25, 0.3) is 10.0 Å². The molecule has 1 N–H and O–H groups in total. The number of amides is 2. The Balaban J connectivity index is 1.78. The Bertz CT molecular complexity index is 1550. The second kappa shape index (κ2) is 13.8. The first kappa shape index (κ1) is 29.6. The number of nitrogens with one attached hydrogen (secondary N) is 1. The number of carbonyl (C=O) groups excluding carboxylic acids is 2. The normalized spacial score (nSPS) is 11.9. The number of nitrogens with zero attached hydrogens (tertiary/aromatic N) is 2. The molecule has 212 valence electrons. The molecule has 0 spiro atoms. The van der Waals surface area contributed by atoms with Crippen LogP contribution in [-0.2, 0) is 32.6 Å². The lowest BCUT2D eigenvalue weighted by Crippen LogP contribution is -2.53. The summed E-state index contributed by atoms with van der Waals surface area (Å²) in [5.41, 5.74) is 2.83. The molecule has 4 aromatic rings. The third kappa shape index (κ3) is 7.41. The maximum absolute atomic E-state index is 14.3. The van der Waals surface area contributed by atoms with E-state index in [0.717, 1.165) is 15.4 Å². The Morgan fingerprint density at radius 2 is 1.29 bits per heavy atom. The quantitative estimate of drug-likeness (QED) is 0.261. The number of carbonyl (C=O) groups is 2. The largest absolute Gasteiger partial charge is 0.355 e. The molecule has 0 aliphatic heterocycles. The molecule has 4 rings (SSSR count). The Hall–Kier alpha value is -4.43.